The van der Waals surface area contributed by atoms with E-state index in [1.165, 1.54) is 12.1 Å². The molecule has 2 aromatic carbocycles. The van der Waals surface area contributed by atoms with Crippen LogP contribution in [0, 0.1) is 0 Å². The summed E-state index contributed by atoms with van der Waals surface area (Å²) >= 11 is 0. The molecular formula is C21H13F13O2. The van der Waals surface area contributed by atoms with Gasteiger partial charge in [0.15, 0.2) is 0 Å². The maximum Gasteiger partial charge on any atom is 0.460 e. The van der Waals surface area contributed by atoms with E-state index in [0.29, 0.717) is 11.1 Å². The van der Waals surface area contributed by atoms with Gasteiger partial charge in [0.2, 0.25) is 0 Å². The number of halogens is 13. The number of carbonyl (C=O) groups is 1. The molecule has 0 amide bonds. The second-order valence-electron chi connectivity index (χ2n) is 7.33. The lowest BCUT2D eigenvalue weighted by molar-refractivity contribution is -0.440. The number of rotatable bonds is 9. The van der Waals surface area contributed by atoms with Gasteiger partial charge in [0.1, 0.15) is 0 Å². The average Bonchev–Trinajstić information content (AvgIpc) is 2.78. The lowest BCUT2D eigenvalue weighted by Crippen LogP contribution is -2.70. The summed E-state index contributed by atoms with van der Waals surface area (Å²) < 4.78 is 174. The molecule has 0 aromatic heterocycles. The minimum absolute atomic E-state index is 0.327. The summed E-state index contributed by atoms with van der Waals surface area (Å²) in [6, 6.07) is 13.5. The van der Waals surface area contributed by atoms with Gasteiger partial charge < -0.3 is 4.74 Å². The van der Waals surface area contributed by atoms with E-state index in [2.05, 4.69) is 4.74 Å². The molecule has 0 N–H and O–H groups in total. The van der Waals surface area contributed by atoms with E-state index in [1.807, 2.05) is 0 Å². The third kappa shape index (κ3) is 4.96. The number of alkyl halides is 13. The predicted octanol–water partition coefficient (Wildman–Crippen LogP) is 7.64. The van der Waals surface area contributed by atoms with Crippen molar-refractivity contribution in [3.63, 3.8) is 0 Å². The maximum absolute atomic E-state index is 13.7. The topological polar surface area (TPSA) is 26.3 Å². The van der Waals surface area contributed by atoms with Crippen LogP contribution in [0.5, 0.6) is 0 Å². The Labute approximate surface area is 193 Å². The quantitative estimate of drug-likeness (QED) is 0.240. The summed E-state index contributed by atoms with van der Waals surface area (Å²) in [7, 11) is 0. The van der Waals surface area contributed by atoms with Crippen molar-refractivity contribution in [1.29, 1.82) is 0 Å². The highest BCUT2D eigenvalue weighted by atomic mass is 19.4. The Bertz CT molecular complexity index is 1050. The number of esters is 1. The first-order chi connectivity index (χ1) is 16.2. The second kappa shape index (κ2) is 9.47. The zero-order chi connectivity index (χ0) is 27.8. The fourth-order valence-corrected chi connectivity index (χ4v) is 2.74. The first-order valence-electron chi connectivity index (χ1n) is 9.49. The van der Waals surface area contributed by atoms with Crippen molar-refractivity contribution in [2.24, 2.45) is 0 Å². The molecule has 2 rings (SSSR count). The van der Waals surface area contributed by atoms with Crippen LogP contribution in [0.25, 0.3) is 11.1 Å². The third-order valence-corrected chi connectivity index (χ3v) is 4.88. The van der Waals surface area contributed by atoms with Crippen LogP contribution in [0.4, 0.5) is 57.1 Å². The van der Waals surface area contributed by atoms with Crippen LogP contribution < -0.4 is 0 Å². The average molecular weight is 544 g/mol. The van der Waals surface area contributed by atoms with Crippen molar-refractivity contribution in [2.75, 3.05) is 6.61 Å². The minimum Gasteiger partial charge on any atom is -0.462 e. The number of ether oxygens (including phenoxy) is 1. The van der Waals surface area contributed by atoms with E-state index in [1.54, 1.807) is 30.3 Å². The molecule has 0 bridgehead atoms. The third-order valence-electron chi connectivity index (χ3n) is 4.88. The molecule has 2 aromatic rings. The van der Waals surface area contributed by atoms with Gasteiger partial charge in [0.05, 0.1) is 18.6 Å². The first kappa shape index (κ1) is 29.2. The lowest BCUT2D eigenvalue weighted by Gasteiger charge is -2.39. The highest BCUT2D eigenvalue weighted by molar-refractivity contribution is 5.90. The summed E-state index contributed by atoms with van der Waals surface area (Å²) in [6.07, 6.45) is -10.1. The molecule has 2 nitrogen and oxygen atoms in total. The predicted molar refractivity (Wildman–Crippen MR) is 97.6 cm³/mol. The molecule has 15 heteroatoms. The van der Waals surface area contributed by atoms with Gasteiger partial charge >= 0.3 is 41.8 Å². The summed E-state index contributed by atoms with van der Waals surface area (Å²) in [6.45, 7) is -1.81. The normalized spacial score (nSPS) is 14.0. The van der Waals surface area contributed by atoms with Gasteiger partial charge in [-0.25, -0.2) is 4.79 Å². The van der Waals surface area contributed by atoms with Crippen molar-refractivity contribution >= 4 is 5.97 Å². The Morgan fingerprint density at radius 1 is 0.583 bits per heavy atom. The van der Waals surface area contributed by atoms with Crippen LogP contribution in [0.3, 0.4) is 0 Å². The van der Waals surface area contributed by atoms with Crippen LogP contribution in [-0.2, 0) is 4.74 Å². The number of benzene rings is 2. The van der Waals surface area contributed by atoms with Gasteiger partial charge in [0.25, 0.3) is 0 Å². The van der Waals surface area contributed by atoms with E-state index in [-0.39, 0.29) is 5.56 Å². The zero-order valence-corrected chi connectivity index (χ0v) is 17.3. The summed E-state index contributed by atoms with van der Waals surface area (Å²) in [4.78, 5) is 11.9. The molecule has 0 spiro atoms. The highest BCUT2D eigenvalue weighted by Crippen LogP contribution is 2.60. The van der Waals surface area contributed by atoms with E-state index in [4.69, 9.17) is 0 Å². The lowest BCUT2D eigenvalue weighted by atomic mass is 9.93. The smallest absolute Gasteiger partial charge is 0.460 e. The van der Waals surface area contributed by atoms with Crippen molar-refractivity contribution in [3.8, 4) is 11.1 Å². The largest absolute Gasteiger partial charge is 0.462 e. The SMILES string of the molecule is O=C(OCCC(F)(F)C(F)(F)C(F)(F)C(F)(F)C(F)(F)C(F)(F)F)c1ccc(-c2ccccc2)cc1. The summed E-state index contributed by atoms with van der Waals surface area (Å²) in [5, 5.41) is 0. The molecule has 0 saturated carbocycles. The van der Waals surface area contributed by atoms with E-state index < -0.39 is 54.8 Å². The van der Waals surface area contributed by atoms with Crippen LogP contribution in [-0.4, -0.2) is 48.4 Å². The minimum atomic E-state index is -7.97. The van der Waals surface area contributed by atoms with Gasteiger partial charge in [0, 0.05) is 0 Å². The molecule has 0 radical (unpaired) electrons. The molecule has 36 heavy (non-hydrogen) atoms. The Morgan fingerprint density at radius 2 is 1.03 bits per heavy atom. The molecular weight excluding hydrogens is 531 g/mol. The van der Waals surface area contributed by atoms with Gasteiger partial charge in [-0.05, 0) is 23.3 Å². The van der Waals surface area contributed by atoms with Crippen molar-refractivity contribution < 1.29 is 66.6 Å². The van der Waals surface area contributed by atoms with Crippen molar-refractivity contribution in [3.05, 3.63) is 60.2 Å². The molecule has 0 aliphatic carbocycles. The molecule has 0 atom stereocenters. The van der Waals surface area contributed by atoms with Crippen LogP contribution in [0.15, 0.2) is 54.6 Å². The monoisotopic (exact) mass is 544 g/mol. The molecule has 200 valence electrons. The summed E-state index contributed by atoms with van der Waals surface area (Å²) in [5.74, 6) is -38.8. The van der Waals surface area contributed by atoms with Gasteiger partial charge in [-0.2, -0.15) is 57.1 Å². The van der Waals surface area contributed by atoms with E-state index in [9.17, 15) is 61.9 Å². The number of carbonyl (C=O) groups excluding carboxylic acids is 1. The van der Waals surface area contributed by atoms with Gasteiger partial charge in [-0.1, -0.05) is 42.5 Å². The van der Waals surface area contributed by atoms with Gasteiger partial charge in [-0.3, -0.25) is 0 Å². The fourth-order valence-electron chi connectivity index (χ4n) is 2.74. The van der Waals surface area contributed by atoms with E-state index in [0.717, 1.165) is 12.1 Å². The second-order valence-corrected chi connectivity index (χ2v) is 7.33. The van der Waals surface area contributed by atoms with Gasteiger partial charge in [-0.15, -0.1) is 0 Å². The van der Waals surface area contributed by atoms with Crippen LogP contribution in [0.2, 0.25) is 0 Å². The Kier molecular flexibility index (Phi) is 7.69. The van der Waals surface area contributed by atoms with E-state index >= 15 is 0 Å². The van der Waals surface area contributed by atoms with Crippen LogP contribution in [0.1, 0.15) is 16.8 Å². The highest BCUT2D eigenvalue weighted by Gasteiger charge is 2.90. The maximum atomic E-state index is 13.7. The molecule has 0 heterocycles. The van der Waals surface area contributed by atoms with Crippen molar-refractivity contribution in [1.82, 2.24) is 0 Å². The Balaban J connectivity index is 2.13. The number of hydrogen-bond acceptors (Lipinski definition) is 2. The molecule has 0 saturated heterocycles. The number of hydrogen-bond donors (Lipinski definition) is 0. The Morgan fingerprint density at radius 3 is 1.50 bits per heavy atom. The first-order valence-corrected chi connectivity index (χ1v) is 9.49. The molecule has 0 aliphatic heterocycles. The fraction of sp³-hybridized carbons (Fsp3) is 0.381. The Hall–Kier alpha value is -3.00. The zero-order valence-electron chi connectivity index (χ0n) is 17.3. The molecule has 0 aliphatic rings. The summed E-state index contributed by atoms with van der Waals surface area (Å²) in [5.41, 5.74) is 0.955. The molecule has 0 unspecified atom stereocenters. The van der Waals surface area contributed by atoms with Crippen LogP contribution >= 0.6 is 0 Å². The molecule has 0 fully saturated rings. The van der Waals surface area contributed by atoms with Crippen molar-refractivity contribution in [2.45, 2.75) is 42.2 Å². The standard InChI is InChI=1S/C21H13F13O2/c22-16(23,17(24,25)18(26,27)19(28,29)20(30,31)21(32,33)34)10-11-36-15(35)14-8-6-13(7-9-14)12-4-2-1-3-5-12/h1-9H,10-11H2.